The molecule has 1 aliphatic heterocycles. The third-order valence-corrected chi connectivity index (χ3v) is 3.70. The molecule has 1 unspecified atom stereocenters. The van der Waals surface area contributed by atoms with Crippen LogP contribution in [-0.4, -0.2) is 31.2 Å². The molecule has 0 bridgehead atoms. The third kappa shape index (κ3) is 2.57. The van der Waals surface area contributed by atoms with Gasteiger partial charge in [0.1, 0.15) is 5.82 Å². The fraction of sp³-hybridized carbons (Fsp3) is 0.538. The van der Waals surface area contributed by atoms with Crippen LogP contribution in [0.1, 0.15) is 31.2 Å². The van der Waals surface area contributed by atoms with Crippen molar-refractivity contribution in [3.8, 4) is 0 Å². The number of ether oxygens (including phenoxy) is 1. The van der Waals surface area contributed by atoms with Gasteiger partial charge in [0, 0.05) is 37.4 Å². The SMILES string of the molecule is CCN1C(=O)CC(CCOC)c2cc(Br)cnc21. The van der Waals surface area contributed by atoms with E-state index in [1.54, 1.807) is 18.2 Å². The van der Waals surface area contributed by atoms with Gasteiger partial charge in [0.05, 0.1) is 0 Å². The molecule has 1 aromatic rings. The van der Waals surface area contributed by atoms with Gasteiger partial charge in [-0.2, -0.15) is 0 Å². The van der Waals surface area contributed by atoms with Crippen molar-refractivity contribution in [2.24, 2.45) is 0 Å². The predicted octanol–water partition coefficient (Wildman–Crippen LogP) is 2.72. The number of methoxy groups -OCH3 is 1. The molecule has 18 heavy (non-hydrogen) atoms. The van der Waals surface area contributed by atoms with Gasteiger partial charge in [0.15, 0.2) is 0 Å². The minimum atomic E-state index is 0.154. The molecule has 98 valence electrons. The smallest absolute Gasteiger partial charge is 0.228 e. The van der Waals surface area contributed by atoms with Crippen LogP contribution in [0.25, 0.3) is 0 Å². The van der Waals surface area contributed by atoms with Crippen molar-refractivity contribution in [3.63, 3.8) is 0 Å². The van der Waals surface area contributed by atoms with E-state index in [4.69, 9.17) is 4.74 Å². The van der Waals surface area contributed by atoms with Gasteiger partial charge in [-0.1, -0.05) is 0 Å². The van der Waals surface area contributed by atoms with Gasteiger partial charge >= 0.3 is 0 Å². The maximum Gasteiger partial charge on any atom is 0.228 e. The summed E-state index contributed by atoms with van der Waals surface area (Å²) in [7, 11) is 1.68. The molecule has 0 radical (unpaired) electrons. The maximum absolute atomic E-state index is 12.1. The van der Waals surface area contributed by atoms with Crippen molar-refractivity contribution in [1.29, 1.82) is 0 Å². The van der Waals surface area contributed by atoms with Crippen molar-refractivity contribution in [1.82, 2.24) is 4.98 Å². The molecule has 2 rings (SSSR count). The van der Waals surface area contributed by atoms with Crippen molar-refractivity contribution in [3.05, 3.63) is 22.3 Å². The molecular weight excluding hydrogens is 296 g/mol. The molecule has 0 saturated carbocycles. The lowest BCUT2D eigenvalue weighted by atomic mass is 9.89. The van der Waals surface area contributed by atoms with Crippen LogP contribution in [0.3, 0.4) is 0 Å². The zero-order valence-corrected chi connectivity index (χ0v) is 12.2. The van der Waals surface area contributed by atoms with Crippen LogP contribution in [0, 0.1) is 0 Å². The molecule has 2 heterocycles. The zero-order valence-electron chi connectivity index (χ0n) is 10.6. The highest BCUT2D eigenvalue weighted by atomic mass is 79.9. The molecule has 1 aromatic heterocycles. The number of carbonyl (C=O) groups is 1. The molecule has 0 aliphatic carbocycles. The van der Waals surface area contributed by atoms with Gasteiger partial charge in [-0.15, -0.1) is 0 Å². The minimum Gasteiger partial charge on any atom is -0.385 e. The van der Waals surface area contributed by atoms with E-state index in [1.165, 1.54) is 0 Å². The Bertz CT molecular complexity index is 451. The Balaban J connectivity index is 2.37. The van der Waals surface area contributed by atoms with E-state index < -0.39 is 0 Å². The number of rotatable bonds is 4. The molecule has 0 fully saturated rings. The molecule has 1 atom stereocenters. The Kier molecular flexibility index (Phi) is 4.35. The zero-order chi connectivity index (χ0) is 13.1. The number of hydrogen-bond donors (Lipinski definition) is 0. The molecule has 0 saturated heterocycles. The van der Waals surface area contributed by atoms with Gasteiger partial charge in [-0.25, -0.2) is 4.98 Å². The Morgan fingerprint density at radius 2 is 2.39 bits per heavy atom. The number of hydrogen-bond acceptors (Lipinski definition) is 3. The van der Waals surface area contributed by atoms with Gasteiger partial charge in [-0.3, -0.25) is 9.69 Å². The molecule has 0 spiro atoms. The number of nitrogens with zero attached hydrogens (tertiary/aromatic N) is 2. The summed E-state index contributed by atoms with van der Waals surface area (Å²) in [6, 6.07) is 2.07. The molecule has 5 heteroatoms. The highest BCUT2D eigenvalue weighted by Gasteiger charge is 2.31. The molecule has 0 aromatic carbocycles. The maximum atomic E-state index is 12.1. The number of pyridine rings is 1. The lowest BCUT2D eigenvalue weighted by molar-refractivity contribution is -0.119. The van der Waals surface area contributed by atoms with E-state index in [1.807, 2.05) is 6.92 Å². The highest BCUT2D eigenvalue weighted by Crippen LogP contribution is 2.37. The van der Waals surface area contributed by atoms with Crippen LogP contribution >= 0.6 is 15.9 Å². The van der Waals surface area contributed by atoms with Crippen molar-refractivity contribution in [2.75, 3.05) is 25.2 Å². The van der Waals surface area contributed by atoms with E-state index in [-0.39, 0.29) is 11.8 Å². The average Bonchev–Trinajstić information content (AvgIpc) is 2.36. The molecule has 1 aliphatic rings. The summed E-state index contributed by atoms with van der Waals surface area (Å²) in [4.78, 5) is 18.2. The van der Waals surface area contributed by atoms with E-state index in [0.717, 1.165) is 22.3 Å². The van der Waals surface area contributed by atoms with Crippen LogP contribution in [0.5, 0.6) is 0 Å². The van der Waals surface area contributed by atoms with Crippen LogP contribution in [0.2, 0.25) is 0 Å². The normalized spacial score (nSPS) is 18.9. The van der Waals surface area contributed by atoms with Crippen LogP contribution in [-0.2, 0) is 9.53 Å². The van der Waals surface area contributed by atoms with Crippen LogP contribution in [0.15, 0.2) is 16.7 Å². The first-order chi connectivity index (χ1) is 8.67. The Morgan fingerprint density at radius 3 is 3.06 bits per heavy atom. The number of anilines is 1. The summed E-state index contributed by atoms with van der Waals surface area (Å²) >= 11 is 3.45. The first-order valence-electron chi connectivity index (χ1n) is 6.12. The topological polar surface area (TPSA) is 42.4 Å². The van der Waals surface area contributed by atoms with Gasteiger partial charge < -0.3 is 4.74 Å². The number of aromatic nitrogens is 1. The summed E-state index contributed by atoms with van der Waals surface area (Å²) in [6.07, 6.45) is 3.14. The number of halogens is 1. The summed E-state index contributed by atoms with van der Waals surface area (Å²) in [6.45, 7) is 3.30. The number of carbonyl (C=O) groups excluding carboxylic acids is 1. The van der Waals surface area contributed by atoms with Crippen molar-refractivity contribution in [2.45, 2.75) is 25.7 Å². The highest BCUT2D eigenvalue weighted by molar-refractivity contribution is 9.10. The van der Waals surface area contributed by atoms with Gasteiger partial charge in [-0.05, 0) is 46.8 Å². The van der Waals surface area contributed by atoms with Gasteiger partial charge in [0.2, 0.25) is 5.91 Å². The second-order valence-electron chi connectivity index (χ2n) is 4.39. The summed E-state index contributed by atoms with van der Waals surface area (Å²) in [5.74, 6) is 1.17. The van der Waals surface area contributed by atoms with E-state index in [2.05, 4.69) is 27.0 Å². The molecule has 1 amide bonds. The Hall–Kier alpha value is -0.940. The van der Waals surface area contributed by atoms with Crippen molar-refractivity contribution >= 4 is 27.7 Å². The molecular formula is C13H17BrN2O2. The second kappa shape index (κ2) is 5.80. The van der Waals surface area contributed by atoms with Gasteiger partial charge in [0.25, 0.3) is 0 Å². The minimum absolute atomic E-state index is 0.154. The van der Waals surface area contributed by atoms with Crippen LogP contribution in [0.4, 0.5) is 5.82 Å². The number of fused-ring (bicyclic) bond motifs is 1. The molecule has 4 nitrogen and oxygen atoms in total. The lowest BCUT2D eigenvalue weighted by Gasteiger charge is -2.32. The fourth-order valence-electron chi connectivity index (χ4n) is 2.37. The first kappa shape index (κ1) is 13.5. The molecule has 0 N–H and O–H groups in total. The van der Waals surface area contributed by atoms with E-state index in [0.29, 0.717) is 19.6 Å². The standard InChI is InChI=1S/C13H17BrN2O2/c1-3-16-12(17)6-9(4-5-18-2)11-7-10(14)8-15-13(11)16/h7-9H,3-6H2,1-2H3. The largest absolute Gasteiger partial charge is 0.385 e. The van der Waals surface area contributed by atoms with Crippen molar-refractivity contribution < 1.29 is 9.53 Å². The fourth-order valence-corrected chi connectivity index (χ4v) is 2.72. The summed E-state index contributed by atoms with van der Waals surface area (Å²) in [5.41, 5.74) is 1.14. The second-order valence-corrected chi connectivity index (χ2v) is 5.30. The van der Waals surface area contributed by atoms with E-state index in [9.17, 15) is 4.79 Å². The predicted molar refractivity (Wildman–Crippen MR) is 73.8 cm³/mol. The Labute approximate surface area is 115 Å². The van der Waals surface area contributed by atoms with E-state index >= 15 is 0 Å². The average molecular weight is 313 g/mol. The van der Waals surface area contributed by atoms with Crippen LogP contribution < -0.4 is 4.90 Å². The monoisotopic (exact) mass is 312 g/mol. The first-order valence-corrected chi connectivity index (χ1v) is 6.91. The Morgan fingerprint density at radius 1 is 1.61 bits per heavy atom. The third-order valence-electron chi connectivity index (χ3n) is 3.27. The lowest BCUT2D eigenvalue weighted by Crippen LogP contribution is -2.37. The number of amides is 1. The quantitative estimate of drug-likeness (QED) is 0.858. The summed E-state index contributed by atoms with van der Waals surface area (Å²) in [5, 5.41) is 0. The summed E-state index contributed by atoms with van der Waals surface area (Å²) < 4.78 is 6.07.